The fourth-order valence-electron chi connectivity index (χ4n) is 4.10. The Bertz CT molecular complexity index is 1500. The summed E-state index contributed by atoms with van der Waals surface area (Å²) in [6.45, 7) is 0. The van der Waals surface area contributed by atoms with E-state index in [0.29, 0.717) is 0 Å². The van der Waals surface area contributed by atoms with E-state index in [1.54, 1.807) is 0 Å². The Morgan fingerprint density at radius 1 is 0.278 bits per heavy atom. The highest BCUT2D eigenvalue weighted by molar-refractivity contribution is 6.02. The average molecular weight is 475 g/mol. The normalized spacial score (nSPS) is 10.3. The molecule has 0 amide bonds. The lowest BCUT2D eigenvalue weighted by Crippen LogP contribution is -1.91. The largest absolute Gasteiger partial charge is 0.398 e. The van der Waals surface area contributed by atoms with Gasteiger partial charge in [0.2, 0.25) is 0 Å². The number of hydrogen-bond acceptors (Lipinski definition) is 6. The molecule has 0 aromatic heterocycles. The third-order valence-electron chi connectivity index (χ3n) is 5.95. The molecule has 6 aromatic carbocycles. The molecule has 0 saturated heterocycles. The van der Waals surface area contributed by atoms with Crippen LogP contribution in [-0.2, 0) is 0 Å². The number of rotatable bonds is 0. The molecular formula is C30H30N6. The van der Waals surface area contributed by atoms with Crippen molar-refractivity contribution in [2.24, 2.45) is 0 Å². The molecule has 0 aliphatic rings. The van der Waals surface area contributed by atoms with Gasteiger partial charge in [0.1, 0.15) is 0 Å². The Balaban J connectivity index is 0.000000127. The van der Waals surface area contributed by atoms with Crippen molar-refractivity contribution >= 4 is 66.4 Å². The van der Waals surface area contributed by atoms with Crippen LogP contribution in [0.5, 0.6) is 0 Å². The van der Waals surface area contributed by atoms with Gasteiger partial charge in [0.15, 0.2) is 0 Å². The second-order valence-corrected chi connectivity index (χ2v) is 8.37. The predicted molar refractivity (Wildman–Crippen MR) is 158 cm³/mol. The fraction of sp³-hybridized carbons (Fsp3) is 0. The molecule has 0 aliphatic heterocycles. The summed E-state index contributed by atoms with van der Waals surface area (Å²) in [5, 5.41) is 6.15. The second-order valence-electron chi connectivity index (χ2n) is 8.37. The highest BCUT2D eigenvalue weighted by Crippen LogP contribution is 2.27. The highest BCUT2D eigenvalue weighted by atomic mass is 14.6. The van der Waals surface area contributed by atoms with E-state index in [9.17, 15) is 0 Å². The summed E-state index contributed by atoms with van der Waals surface area (Å²) in [6, 6.07) is 34.6. The minimum absolute atomic E-state index is 0.741. The molecule has 6 aromatic rings. The van der Waals surface area contributed by atoms with E-state index in [-0.39, 0.29) is 0 Å². The van der Waals surface area contributed by atoms with Crippen LogP contribution >= 0.6 is 0 Å². The van der Waals surface area contributed by atoms with Gasteiger partial charge in [-0.05, 0) is 41.8 Å². The van der Waals surface area contributed by atoms with Crippen LogP contribution in [0.3, 0.4) is 0 Å². The van der Waals surface area contributed by atoms with Gasteiger partial charge in [-0.3, -0.25) is 0 Å². The van der Waals surface area contributed by atoms with Crippen molar-refractivity contribution in [2.45, 2.75) is 0 Å². The highest BCUT2D eigenvalue weighted by Gasteiger charge is 2.00. The van der Waals surface area contributed by atoms with E-state index in [2.05, 4.69) is 0 Å². The zero-order valence-electron chi connectivity index (χ0n) is 19.9. The second kappa shape index (κ2) is 10.4. The maximum Gasteiger partial charge on any atom is 0.0414 e. The van der Waals surface area contributed by atoms with E-state index in [1.165, 1.54) is 0 Å². The van der Waals surface area contributed by atoms with Crippen LogP contribution in [-0.4, -0.2) is 0 Å². The zero-order valence-corrected chi connectivity index (χ0v) is 19.9. The summed E-state index contributed by atoms with van der Waals surface area (Å²) < 4.78 is 0. The van der Waals surface area contributed by atoms with Gasteiger partial charge in [-0.25, -0.2) is 0 Å². The van der Waals surface area contributed by atoms with Gasteiger partial charge in [0.05, 0.1) is 0 Å². The van der Waals surface area contributed by atoms with Crippen LogP contribution in [0.4, 0.5) is 34.1 Å². The molecule has 0 radical (unpaired) electrons. The third-order valence-corrected chi connectivity index (χ3v) is 5.95. The molecule has 6 heteroatoms. The Kier molecular flexibility index (Phi) is 6.97. The van der Waals surface area contributed by atoms with Gasteiger partial charge in [0.25, 0.3) is 0 Å². The fourth-order valence-corrected chi connectivity index (χ4v) is 4.10. The Labute approximate surface area is 210 Å². The van der Waals surface area contributed by atoms with Crippen molar-refractivity contribution in [1.82, 2.24) is 0 Å². The van der Waals surface area contributed by atoms with Gasteiger partial charge >= 0.3 is 0 Å². The minimum atomic E-state index is 0.741. The summed E-state index contributed by atoms with van der Waals surface area (Å²) in [6.07, 6.45) is 0. The standard InChI is InChI=1S/3C10H10N2/c11-9-5-1-3-7-8(9)4-2-6-10(7)12;11-8-5-1-3-7-4-2-6-9(12)10(7)8;11-9-5-6-10(12)8-4-2-1-3-7(8)9/h3*1-6H,11-12H2. The van der Waals surface area contributed by atoms with Gasteiger partial charge in [-0.1, -0.05) is 72.8 Å². The summed E-state index contributed by atoms with van der Waals surface area (Å²) in [4.78, 5) is 0. The SMILES string of the molecule is Nc1ccc(N)c2ccccc12.Nc1cccc2c(N)cccc12.Nc1cccc2cccc(N)c12. The van der Waals surface area contributed by atoms with Crippen molar-refractivity contribution in [3.63, 3.8) is 0 Å². The lowest BCUT2D eigenvalue weighted by atomic mass is 10.1. The topological polar surface area (TPSA) is 156 Å². The maximum atomic E-state index is 5.78. The molecule has 12 N–H and O–H groups in total. The number of benzene rings is 6. The van der Waals surface area contributed by atoms with Crippen LogP contribution < -0.4 is 34.4 Å². The molecule has 0 atom stereocenters. The van der Waals surface area contributed by atoms with Crippen molar-refractivity contribution in [3.8, 4) is 0 Å². The minimum Gasteiger partial charge on any atom is -0.398 e. The molecule has 0 fully saturated rings. The third kappa shape index (κ3) is 5.03. The van der Waals surface area contributed by atoms with Gasteiger partial charge in [-0.15, -0.1) is 0 Å². The number of hydrogen-bond donors (Lipinski definition) is 6. The molecule has 180 valence electrons. The Morgan fingerprint density at radius 3 is 0.972 bits per heavy atom. The number of fused-ring (bicyclic) bond motifs is 3. The molecule has 6 nitrogen and oxygen atoms in total. The summed E-state index contributed by atoms with van der Waals surface area (Å²) in [7, 11) is 0. The van der Waals surface area contributed by atoms with E-state index >= 15 is 0 Å². The quantitative estimate of drug-likeness (QED) is 0.148. The van der Waals surface area contributed by atoms with E-state index in [1.807, 2.05) is 109 Å². The predicted octanol–water partition coefficient (Wildman–Crippen LogP) is 6.01. The maximum absolute atomic E-state index is 5.78. The molecule has 0 aliphatic carbocycles. The Morgan fingerprint density at radius 2 is 0.583 bits per heavy atom. The zero-order chi connectivity index (χ0) is 25.7. The first-order valence-corrected chi connectivity index (χ1v) is 11.4. The lowest BCUT2D eigenvalue weighted by Gasteiger charge is -2.03. The lowest BCUT2D eigenvalue weighted by molar-refractivity contribution is 1.71. The first-order chi connectivity index (χ1) is 17.4. The van der Waals surface area contributed by atoms with Crippen LogP contribution in [0.25, 0.3) is 32.3 Å². The molecular weight excluding hydrogens is 444 g/mol. The molecule has 36 heavy (non-hydrogen) atoms. The molecule has 0 bridgehead atoms. The van der Waals surface area contributed by atoms with Crippen molar-refractivity contribution < 1.29 is 0 Å². The van der Waals surface area contributed by atoms with Gasteiger partial charge in [0, 0.05) is 61.1 Å². The average Bonchev–Trinajstić information content (AvgIpc) is 2.88. The summed E-state index contributed by atoms with van der Waals surface area (Å²) in [5.74, 6) is 0. The molecule has 6 rings (SSSR count). The van der Waals surface area contributed by atoms with Crippen LogP contribution in [0, 0.1) is 0 Å². The summed E-state index contributed by atoms with van der Waals surface area (Å²) in [5.41, 5.74) is 39.2. The molecule has 0 unspecified atom stereocenters. The number of nitrogens with two attached hydrogens (primary N) is 6. The number of nitrogen functional groups attached to an aromatic ring is 6. The van der Waals surface area contributed by atoms with Gasteiger partial charge in [-0.2, -0.15) is 0 Å². The monoisotopic (exact) mass is 474 g/mol. The first-order valence-electron chi connectivity index (χ1n) is 11.4. The van der Waals surface area contributed by atoms with Crippen molar-refractivity contribution in [3.05, 3.63) is 109 Å². The molecule has 0 spiro atoms. The van der Waals surface area contributed by atoms with Crippen molar-refractivity contribution in [1.29, 1.82) is 0 Å². The summed E-state index contributed by atoms with van der Waals surface area (Å²) >= 11 is 0. The van der Waals surface area contributed by atoms with E-state index in [0.717, 1.165) is 66.4 Å². The van der Waals surface area contributed by atoms with Crippen molar-refractivity contribution in [2.75, 3.05) is 34.4 Å². The van der Waals surface area contributed by atoms with Crippen LogP contribution in [0.2, 0.25) is 0 Å². The number of anilines is 6. The molecule has 0 saturated carbocycles. The van der Waals surface area contributed by atoms with Crippen LogP contribution in [0.15, 0.2) is 109 Å². The van der Waals surface area contributed by atoms with Crippen LogP contribution in [0.1, 0.15) is 0 Å². The van der Waals surface area contributed by atoms with E-state index < -0.39 is 0 Å². The first kappa shape index (κ1) is 24.0. The van der Waals surface area contributed by atoms with Gasteiger partial charge < -0.3 is 34.4 Å². The Hall–Kier alpha value is -5.10. The molecule has 0 heterocycles. The smallest absolute Gasteiger partial charge is 0.0414 e. The van der Waals surface area contributed by atoms with E-state index in [4.69, 9.17) is 34.4 Å².